The molecule has 196 valence electrons. The molecule has 0 spiro atoms. The number of thioether (sulfide) groups is 1. The molecule has 1 aromatic carbocycles. The average molecular weight is 634 g/mol. The van der Waals surface area contributed by atoms with E-state index in [2.05, 4.69) is 10.00 Å². The standard InChI is InChI=1S/C25H30F3N5OS.HI/c1-35-24(29)31-12-9-18(10-13-31)33-22(16-6-7-16)20(14-30-33)23(34)32-11-8-17(15-32)19-4-2-3-5-21(19)25(26,27)28;/h2-5,14,16-18,29H,6-13,15H2,1H3;1H/t17-;/m1./s1. The van der Waals surface area contributed by atoms with E-state index in [1.165, 1.54) is 23.9 Å². The minimum absolute atomic E-state index is 0. The van der Waals surface area contributed by atoms with Crippen molar-refractivity contribution in [2.45, 2.75) is 56.2 Å². The molecular formula is C25H31F3IN5OS. The van der Waals surface area contributed by atoms with Gasteiger partial charge in [0.25, 0.3) is 5.91 Å². The Hall–Kier alpha value is -1.76. The molecule has 3 aliphatic rings. The molecule has 6 nitrogen and oxygen atoms in total. The van der Waals surface area contributed by atoms with Gasteiger partial charge in [0, 0.05) is 38.0 Å². The third kappa shape index (κ3) is 5.41. The Morgan fingerprint density at radius 2 is 1.69 bits per heavy atom. The first kappa shape index (κ1) is 27.3. The lowest BCUT2D eigenvalue weighted by Gasteiger charge is -2.33. The van der Waals surface area contributed by atoms with Crippen molar-refractivity contribution in [3.63, 3.8) is 0 Å². The van der Waals surface area contributed by atoms with Crippen LogP contribution < -0.4 is 0 Å². The van der Waals surface area contributed by atoms with Gasteiger partial charge >= 0.3 is 6.18 Å². The predicted octanol–water partition coefficient (Wildman–Crippen LogP) is 5.96. The number of rotatable bonds is 4. The number of carbonyl (C=O) groups excluding carboxylic acids is 1. The van der Waals surface area contributed by atoms with Gasteiger partial charge in [0.1, 0.15) is 0 Å². The minimum atomic E-state index is -4.40. The molecule has 11 heteroatoms. The summed E-state index contributed by atoms with van der Waals surface area (Å²) in [4.78, 5) is 17.3. The van der Waals surface area contributed by atoms with Gasteiger partial charge in [0.05, 0.1) is 29.1 Å². The third-order valence-electron chi connectivity index (χ3n) is 7.50. The lowest BCUT2D eigenvalue weighted by molar-refractivity contribution is -0.138. The largest absolute Gasteiger partial charge is 0.416 e. The van der Waals surface area contributed by atoms with Crippen LogP contribution in [-0.2, 0) is 6.18 Å². The molecule has 1 aromatic heterocycles. The molecule has 0 bridgehead atoms. The number of alkyl halides is 3. The van der Waals surface area contributed by atoms with E-state index in [9.17, 15) is 18.0 Å². The number of aromatic nitrogens is 2. The van der Waals surface area contributed by atoms with Gasteiger partial charge in [-0.05, 0) is 50.0 Å². The maximum absolute atomic E-state index is 13.5. The second-order valence-corrected chi connectivity index (χ2v) is 10.5. The smallest absolute Gasteiger partial charge is 0.352 e. The summed E-state index contributed by atoms with van der Waals surface area (Å²) in [5.41, 5.74) is 1.27. The summed E-state index contributed by atoms with van der Waals surface area (Å²) in [6.45, 7) is 2.32. The van der Waals surface area contributed by atoms with Gasteiger partial charge in [0.15, 0.2) is 5.17 Å². The molecule has 1 N–H and O–H groups in total. The van der Waals surface area contributed by atoms with E-state index in [0.717, 1.165) is 50.5 Å². The van der Waals surface area contributed by atoms with Crippen LogP contribution in [0.2, 0.25) is 0 Å². The number of nitrogens with one attached hydrogen (secondary N) is 1. The summed E-state index contributed by atoms with van der Waals surface area (Å²) in [5, 5.41) is 13.3. The zero-order chi connectivity index (χ0) is 24.7. The number of likely N-dealkylation sites (tertiary alicyclic amines) is 2. The first-order chi connectivity index (χ1) is 16.8. The molecule has 5 rings (SSSR count). The molecule has 2 saturated heterocycles. The highest BCUT2D eigenvalue weighted by atomic mass is 127. The molecule has 36 heavy (non-hydrogen) atoms. The second kappa shape index (κ2) is 10.9. The van der Waals surface area contributed by atoms with E-state index in [4.69, 9.17) is 5.41 Å². The molecule has 1 aliphatic carbocycles. The van der Waals surface area contributed by atoms with Gasteiger partial charge in [-0.25, -0.2) is 0 Å². The molecule has 1 saturated carbocycles. The first-order valence-electron chi connectivity index (χ1n) is 12.2. The van der Waals surface area contributed by atoms with Gasteiger partial charge in [0.2, 0.25) is 0 Å². The lowest BCUT2D eigenvalue weighted by atomic mass is 9.93. The van der Waals surface area contributed by atoms with Crippen LogP contribution in [0.1, 0.15) is 77.2 Å². The number of halogens is 4. The topological polar surface area (TPSA) is 65.2 Å². The van der Waals surface area contributed by atoms with E-state index < -0.39 is 11.7 Å². The molecule has 0 unspecified atom stereocenters. The summed E-state index contributed by atoms with van der Waals surface area (Å²) < 4.78 is 42.6. The van der Waals surface area contributed by atoms with Crippen LogP contribution in [0.5, 0.6) is 0 Å². The quantitative estimate of drug-likeness (QED) is 0.257. The number of piperidine rings is 1. The Morgan fingerprint density at radius 1 is 1.03 bits per heavy atom. The van der Waals surface area contributed by atoms with Crippen LogP contribution in [0.15, 0.2) is 30.5 Å². The van der Waals surface area contributed by atoms with Crippen molar-refractivity contribution >= 4 is 46.8 Å². The number of hydrogen-bond acceptors (Lipinski definition) is 4. The number of hydrogen-bond donors (Lipinski definition) is 1. The monoisotopic (exact) mass is 633 g/mol. The maximum Gasteiger partial charge on any atom is 0.416 e. The average Bonchev–Trinajstić information content (AvgIpc) is 3.40. The first-order valence-corrected chi connectivity index (χ1v) is 13.4. The van der Waals surface area contributed by atoms with E-state index in [0.29, 0.717) is 29.6 Å². The summed E-state index contributed by atoms with van der Waals surface area (Å²) in [6, 6.07) is 5.91. The summed E-state index contributed by atoms with van der Waals surface area (Å²) in [7, 11) is 0. The van der Waals surface area contributed by atoms with Gasteiger partial charge in [-0.15, -0.1) is 24.0 Å². The fraction of sp³-hybridized carbons (Fsp3) is 0.560. The van der Waals surface area contributed by atoms with Crippen molar-refractivity contribution in [1.82, 2.24) is 19.6 Å². The van der Waals surface area contributed by atoms with E-state index in [1.807, 2.05) is 10.9 Å². The van der Waals surface area contributed by atoms with Crippen LogP contribution in [0, 0.1) is 5.41 Å². The predicted molar refractivity (Wildman–Crippen MR) is 145 cm³/mol. The Morgan fingerprint density at radius 3 is 2.33 bits per heavy atom. The molecular weight excluding hydrogens is 602 g/mol. The Bertz CT molecular complexity index is 1110. The number of amidine groups is 1. The van der Waals surface area contributed by atoms with Crippen molar-refractivity contribution in [3.8, 4) is 0 Å². The van der Waals surface area contributed by atoms with E-state index in [-0.39, 0.29) is 54.0 Å². The molecule has 1 amide bonds. The zero-order valence-corrected chi connectivity index (χ0v) is 23.3. The highest BCUT2D eigenvalue weighted by molar-refractivity contribution is 14.0. The van der Waals surface area contributed by atoms with Crippen LogP contribution in [0.25, 0.3) is 0 Å². The van der Waals surface area contributed by atoms with Gasteiger partial charge in [-0.2, -0.15) is 18.3 Å². The highest BCUT2D eigenvalue weighted by Gasteiger charge is 2.40. The zero-order valence-electron chi connectivity index (χ0n) is 20.1. The van der Waals surface area contributed by atoms with E-state index >= 15 is 0 Å². The summed E-state index contributed by atoms with van der Waals surface area (Å²) in [6.07, 6.45) is 3.51. The van der Waals surface area contributed by atoms with Crippen LogP contribution in [-0.4, -0.2) is 63.1 Å². The van der Waals surface area contributed by atoms with Gasteiger partial charge < -0.3 is 9.80 Å². The molecule has 2 aliphatic heterocycles. The third-order valence-corrected chi connectivity index (χ3v) is 8.15. The highest BCUT2D eigenvalue weighted by Crippen LogP contribution is 2.44. The Balaban J connectivity index is 0.00000304. The number of benzene rings is 1. The van der Waals surface area contributed by atoms with Crippen molar-refractivity contribution < 1.29 is 18.0 Å². The fourth-order valence-electron chi connectivity index (χ4n) is 5.51. The molecule has 3 heterocycles. The summed E-state index contributed by atoms with van der Waals surface area (Å²) >= 11 is 1.44. The van der Waals surface area contributed by atoms with Gasteiger partial charge in [-0.1, -0.05) is 30.0 Å². The van der Waals surface area contributed by atoms with Crippen LogP contribution >= 0.6 is 35.7 Å². The molecule has 1 atom stereocenters. The van der Waals surface area contributed by atoms with Crippen LogP contribution in [0.4, 0.5) is 13.2 Å². The van der Waals surface area contributed by atoms with Crippen LogP contribution in [0.3, 0.4) is 0 Å². The molecule has 0 radical (unpaired) electrons. The number of nitrogens with zero attached hydrogens (tertiary/aromatic N) is 4. The summed E-state index contributed by atoms with van der Waals surface area (Å²) in [5.74, 6) is -0.123. The second-order valence-electron chi connectivity index (χ2n) is 9.71. The Labute approximate surface area is 230 Å². The van der Waals surface area contributed by atoms with Gasteiger partial charge in [-0.3, -0.25) is 14.9 Å². The minimum Gasteiger partial charge on any atom is -0.352 e. The molecule has 3 fully saturated rings. The van der Waals surface area contributed by atoms with Crippen molar-refractivity contribution in [2.24, 2.45) is 0 Å². The van der Waals surface area contributed by atoms with E-state index in [1.54, 1.807) is 17.2 Å². The van der Waals surface area contributed by atoms with Crippen molar-refractivity contribution in [1.29, 1.82) is 5.41 Å². The number of carbonyl (C=O) groups is 1. The lowest BCUT2D eigenvalue weighted by Crippen LogP contribution is -2.38. The van der Waals surface area contributed by atoms with Crippen molar-refractivity contribution in [2.75, 3.05) is 32.4 Å². The normalized spacial score (nSPS) is 20.9. The Kier molecular flexibility index (Phi) is 8.28. The molecule has 2 aromatic rings. The van der Waals surface area contributed by atoms with Crippen molar-refractivity contribution in [3.05, 3.63) is 52.8 Å². The fourth-order valence-corrected chi connectivity index (χ4v) is 5.95. The SMILES string of the molecule is CSC(=N)N1CCC(n2ncc(C(=O)N3CC[C@@H](c4ccccc4C(F)(F)F)C3)c2C2CC2)CC1.I. The maximum atomic E-state index is 13.5. The number of amides is 1.